The quantitative estimate of drug-likeness (QED) is 0.526. The summed E-state index contributed by atoms with van der Waals surface area (Å²) in [5.74, 6) is 0.296. The van der Waals surface area contributed by atoms with Crippen LogP contribution < -0.4 is 5.32 Å². The lowest BCUT2D eigenvalue weighted by atomic mass is 10.0. The van der Waals surface area contributed by atoms with Gasteiger partial charge in [-0.15, -0.1) is 0 Å². The van der Waals surface area contributed by atoms with Gasteiger partial charge in [-0.3, -0.25) is 0 Å². The summed E-state index contributed by atoms with van der Waals surface area (Å²) in [7, 11) is 5.45. The molecule has 94 valence electrons. The molecule has 0 aliphatic carbocycles. The van der Waals surface area contributed by atoms with Crippen molar-refractivity contribution < 1.29 is 9.53 Å². The zero-order valence-corrected chi connectivity index (χ0v) is 11.0. The Morgan fingerprint density at radius 2 is 2.06 bits per heavy atom. The van der Waals surface area contributed by atoms with Crippen LogP contribution in [0.5, 0.6) is 0 Å². The lowest BCUT2D eigenvalue weighted by Gasteiger charge is -2.23. The molecule has 0 rings (SSSR count). The number of likely N-dealkylation sites (N-methyl/N-ethyl adjacent to an activating group) is 1. The standard InChI is InChI=1S/C12H24N2O2/c1-10(2)8-11(9-14(3)4)13-7-6-12(15)16-5/h6-7,10-11,13H,8-9H2,1-5H3/b7-6+. The zero-order chi connectivity index (χ0) is 12.6. The highest BCUT2D eigenvalue weighted by Gasteiger charge is 2.09. The topological polar surface area (TPSA) is 41.6 Å². The van der Waals surface area contributed by atoms with E-state index in [1.165, 1.54) is 13.2 Å². The summed E-state index contributed by atoms with van der Waals surface area (Å²) < 4.78 is 4.52. The molecule has 0 saturated carbocycles. The van der Waals surface area contributed by atoms with Gasteiger partial charge < -0.3 is 15.0 Å². The zero-order valence-electron chi connectivity index (χ0n) is 11.0. The van der Waals surface area contributed by atoms with Crippen LogP contribution >= 0.6 is 0 Å². The summed E-state index contributed by atoms with van der Waals surface area (Å²) >= 11 is 0. The van der Waals surface area contributed by atoms with Crippen LogP contribution in [0.25, 0.3) is 0 Å². The first-order valence-electron chi connectivity index (χ1n) is 5.61. The Morgan fingerprint density at radius 3 is 2.50 bits per heavy atom. The molecule has 0 spiro atoms. The van der Waals surface area contributed by atoms with E-state index in [2.05, 4.69) is 28.8 Å². The molecule has 0 saturated heterocycles. The lowest BCUT2D eigenvalue weighted by molar-refractivity contribution is -0.134. The molecule has 0 bridgehead atoms. The van der Waals surface area contributed by atoms with Crippen molar-refractivity contribution in [2.75, 3.05) is 27.7 Å². The molecule has 0 aliphatic rings. The first-order valence-corrected chi connectivity index (χ1v) is 5.61. The first-order chi connectivity index (χ1) is 7.45. The molecule has 0 aromatic heterocycles. The normalized spacial score (nSPS) is 13.4. The Balaban J connectivity index is 4.10. The SMILES string of the molecule is COC(=O)/C=C/NC(CC(C)C)CN(C)C. The molecule has 4 heteroatoms. The molecule has 0 radical (unpaired) electrons. The van der Waals surface area contributed by atoms with Crippen molar-refractivity contribution in [1.82, 2.24) is 10.2 Å². The Bertz CT molecular complexity index is 215. The largest absolute Gasteiger partial charge is 0.466 e. The fraction of sp³-hybridized carbons (Fsp3) is 0.750. The summed E-state index contributed by atoms with van der Waals surface area (Å²) in [4.78, 5) is 13.0. The second-order valence-corrected chi connectivity index (χ2v) is 4.61. The predicted octanol–water partition coefficient (Wildman–Crippen LogP) is 1.24. The maximum Gasteiger partial charge on any atom is 0.331 e. The molecular weight excluding hydrogens is 204 g/mol. The third kappa shape index (κ3) is 8.29. The molecular formula is C12H24N2O2. The second kappa shape index (κ2) is 8.16. The minimum atomic E-state index is -0.333. The second-order valence-electron chi connectivity index (χ2n) is 4.61. The van der Waals surface area contributed by atoms with Gasteiger partial charge in [-0.05, 0) is 26.4 Å². The highest BCUT2D eigenvalue weighted by Crippen LogP contribution is 2.05. The van der Waals surface area contributed by atoms with E-state index in [-0.39, 0.29) is 5.97 Å². The van der Waals surface area contributed by atoms with Crippen LogP contribution in [-0.4, -0.2) is 44.7 Å². The van der Waals surface area contributed by atoms with Gasteiger partial charge in [-0.2, -0.15) is 0 Å². The predicted molar refractivity (Wildman–Crippen MR) is 66.1 cm³/mol. The van der Waals surface area contributed by atoms with Gasteiger partial charge >= 0.3 is 5.97 Å². The molecule has 16 heavy (non-hydrogen) atoms. The summed E-state index contributed by atoms with van der Waals surface area (Å²) in [5, 5.41) is 3.22. The van der Waals surface area contributed by atoms with E-state index in [1.807, 2.05) is 14.1 Å². The van der Waals surface area contributed by atoms with E-state index >= 15 is 0 Å². The summed E-state index contributed by atoms with van der Waals surface area (Å²) in [6, 6.07) is 0.357. The van der Waals surface area contributed by atoms with Crippen molar-refractivity contribution in [3.63, 3.8) is 0 Å². The minimum absolute atomic E-state index is 0.333. The monoisotopic (exact) mass is 228 g/mol. The van der Waals surface area contributed by atoms with Crippen molar-refractivity contribution >= 4 is 5.97 Å². The fourth-order valence-electron chi connectivity index (χ4n) is 1.53. The van der Waals surface area contributed by atoms with Gasteiger partial charge in [0.1, 0.15) is 0 Å². The smallest absolute Gasteiger partial charge is 0.331 e. The number of nitrogens with zero attached hydrogens (tertiary/aromatic N) is 1. The van der Waals surface area contributed by atoms with E-state index in [0.29, 0.717) is 12.0 Å². The van der Waals surface area contributed by atoms with E-state index in [4.69, 9.17) is 0 Å². The third-order valence-corrected chi connectivity index (χ3v) is 2.09. The summed E-state index contributed by atoms with van der Waals surface area (Å²) in [6.07, 6.45) is 4.15. The van der Waals surface area contributed by atoms with Crippen LogP contribution in [0.2, 0.25) is 0 Å². The van der Waals surface area contributed by atoms with Crippen LogP contribution in [0.15, 0.2) is 12.3 Å². The van der Waals surface area contributed by atoms with Crippen molar-refractivity contribution in [2.45, 2.75) is 26.3 Å². The molecule has 0 aromatic rings. The number of methoxy groups -OCH3 is 1. The molecule has 0 amide bonds. The molecule has 1 N–H and O–H groups in total. The van der Waals surface area contributed by atoms with E-state index in [9.17, 15) is 4.79 Å². The number of carbonyl (C=O) groups is 1. The van der Waals surface area contributed by atoms with E-state index in [1.54, 1.807) is 6.20 Å². The Labute approximate surface area is 98.6 Å². The van der Waals surface area contributed by atoms with E-state index < -0.39 is 0 Å². The molecule has 4 nitrogen and oxygen atoms in total. The number of ether oxygens (including phenoxy) is 1. The third-order valence-electron chi connectivity index (χ3n) is 2.09. The highest BCUT2D eigenvalue weighted by atomic mass is 16.5. The molecule has 0 aliphatic heterocycles. The summed E-state index contributed by atoms with van der Waals surface area (Å²) in [5.41, 5.74) is 0. The molecule has 0 heterocycles. The van der Waals surface area contributed by atoms with Crippen LogP contribution in [0.3, 0.4) is 0 Å². The maximum atomic E-state index is 10.9. The fourth-order valence-corrected chi connectivity index (χ4v) is 1.53. The van der Waals surface area contributed by atoms with Crippen LogP contribution in [0.4, 0.5) is 0 Å². The van der Waals surface area contributed by atoms with Gasteiger partial charge in [0.15, 0.2) is 0 Å². The van der Waals surface area contributed by atoms with Crippen LogP contribution in [0, 0.1) is 5.92 Å². The van der Waals surface area contributed by atoms with Gasteiger partial charge in [-0.1, -0.05) is 13.8 Å². The molecule has 0 fully saturated rings. The molecule has 0 aromatic carbocycles. The minimum Gasteiger partial charge on any atom is -0.466 e. The number of carbonyl (C=O) groups excluding carboxylic acids is 1. The Hall–Kier alpha value is -1.03. The number of esters is 1. The van der Waals surface area contributed by atoms with Crippen LogP contribution in [0.1, 0.15) is 20.3 Å². The number of hydrogen-bond donors (Lipinski definition) is 1. The van der Waals surface area contributed by atoms with Crippen molar-refractivity contribution in [1.29, 1.82) is 0 Å². The Morgan fingerprint density at radius 1 is 1.44 bits per heavy atom. The maximum absolute atomic E-state index is 10.9. The Kier molecular flexibility index (Phi) is 7.64. The average molecular weight is 228 g/mol. The average Bonchev–Trinajstić information content (AvgIpc) is 2.15. The van der Waals surface area contributed by atoms with Gasteiger partial charge in [0.05, 0.1) is 7.11 Å². The van der Waals surface area contributed by atoms with Crippen molar-refractivity contribution in [3.05, 3.63) is 12.3 Å². The first kappa shape index (κ1) is 15.0. The summed E-state index contributed by atoms with van der Waals surface area (Å²) in [6.45, 7) is 5.33. The van der Waals surface area contributed by atoms with Gasteiger partial charge in [-0.25, -0.2) is 4.79 Å². The molecule has 1 unspecified atom stereocenters. The number of rotatable bonds is 7. The van der Waals surface area contributed by atoms with Gasteiger partial charge in [0.2, 0.25) is 0 Å². The van der Waals surface area contributed by atoms with Crippen LogP contribution in [-0.2, 0) is 9.53 Å². The van der Waals surface area contributed by atoms with Crippen molar-refractivity contribution in [3.8, 4) is 0 Å². The lowest BCUT2D eigenvalue weighted by Crippen LogP contribution is -2.36. The van der Waals surface area contributed by atoms with E-state index in [0.717, 1.165) is 13.0 Å². The van der Waals surface area contributed by atoms with Crippen molar-refractivity contribution in [2.24, 2.45) is 5.92 Å². The van der Waals surface area contributed by atoms with Gasteiger partial charge in [0, 0.05) is 24.9 Å². The number of nitrogens with one attached hydrogen (secondary N) is 1. The highest BCUT2D eigenvalue weighted by molar-refractivity contribution is 5.81. The molecule has 1 atom stereocenters. The van der Waals surface area contributed by atoms with Gasteiger partial charge in [0.25, 0.3) is 0 Å². The number of hydrogen-bond acceptors (Lipinski definition) is 4.